The van der Waals surface area contributed by atoms with Crippen molar-refractivity contribution in [1.29, 1.82) is 0 Å². The van der Waals surface area contributed by atoms with Crippen LogP contribution in [0.15, 0.2) is 54.7 Å². The van der Waals surface area contributed by atoms with Crippen LogP contribution in [0.1, 0.15) is 56.2 Å². The minimum absolute atomic E-state index is 0.0902. The lowest BCUT2D eigenvalue weighted by Crippen LogP contribution is -2.12. The van der Waals surface area contributed by atoms with Gasteiger partial charge in [-0.3, -0.25) is 0 Å². The highest BCUT2D eigenvalue weighted by Gasteiger charge is 2.35. The number of aryl methyl sites for hydroxylation is 1. The van der Waals surface area contributed by atoms with Crippen molar-refractivity contribution in [2.45, 2.75) is 52.1 Å². The average Bonchev–Trinajstić information content (AvgIpc) is 2.73. The maximum absolute atomic E-state index is 13.5. The molecule has 0 aliphatic heterocycles. The summed E-state index contributed by atoms with van der Waals surface area (Å²) in [5, 5.41) is 5.78. The highest BCUT2D eigenvalue weighted by molar-refractivity contribution is 5.63. The molecule has 0 unspecified atom stereocenters. The maximum atomic E-state index is 13.5. The molecule has 3 rings (SSSR count). The van der Waals surface area contributed by atoms with E-state index in [1.807, 2.05) is 36.4 Å². The van der Waals surface area contributed by atoms with Crippen molar-refractivity contribution < 1.29 is 13.2 Å². The molecule has 2 aromatic carbocycles. The van der Waals surface area contributed by atoms with Gasteiger partial charge >= 0.3 is 6.18 Å². The van der Waals surface area contributed by atoms with Gasteiger partial charge in [-0.05, 0) is 54.2 Å². The van der Waals surface area contributed by atoms with Gasteiger partial charge in [-0.2, -0.15) is 18.2 Å². The molecule has 0 amide bonds. The SMILES string of the molecule is CCCCc1ccc(Nc2nc(Nc3ccc(C(C)C)cc3)ncc2C(F)(F)F)cc1. The Morgan fingerprint density at radius 1 is 0.903 bits per heavy atom. The van der Waals surface area contributed by atoms with Gasteiger partial charge in [-0.1, -0.05) is 51.5 Å². The van der Waals surface area contributed by atoms with Crippen molar-refractivity contribution in [2.24, 2.45) is 0 Å². The first-order chi connectivity index (χ1) is 14.8. The van der Waals surface area contributed by atoms with Crippen LogP contribution in [0.4, 0.5) is 36.3 Å². The van der Waals surface area contributed by atoms with E-state index in [4.69, 9.17) is 0 Å². The molecule has 0 saturated carbocycles. The second-order valence-corrected chi connectivity index (χ2v) is 7.78. The van der Waals surface area contributed by atoms with E-state index in [1.165, 1.54) is 5.56 Å². The summed E-state index contributed by atoms with van der Waals surface area (Å²) in [6, 6.07) is 15.0. The standard InChI is InChI=1S/C24H27F3N4/c1-4-5-6-17-7-11-19(12-8-17)29-22-21(24(25,26)27)15-28-23(31-22)30-20-13-9-18(10-14-20)16(2)3/h7-16H,4-6H2,1-3H3,(H2,28,29,30,31). The Morgan fingerprint density at radius 3 is 2.10 bits per heavy atom. The fourth-order valence-corrected chi connectivity index (χ4v) is 3.10. The Bertz CT molecular complexity index is 981. The third-order valence-corrected chi connectivity index (χ3v) is 4.96. The molecule has 0 bridgehead atoms. The molecule has 2 N–H and O–H groups in total. The van der Waals surface area contributed by atoms with Crippen LogP contribution in [0.25, 0.3) is 0 Å². The van der Waals surface area contributed by atoms with Crippen molar-refractivity contribution in [2.75, 3.05) is 10.6 Å². The van der Waals surface area contributed by atoms with E-state index in [-0.39, 0.29) is 11.8 Å². The zero-order chi connectivity index (χ0) is 22.4. The first-order valence-electron chi connectivity index (χ1n) is 10.4. The number of halogens is 3. The molecule has 3 aromatic rings. The molecule has 0 aliphatic rings. The number of nitrogens with one attached hydrogen (secondary N) is 2. The molecule has 0 spiro atoms. The predicted octanol–water partition coefficient (Wildman–Crippen LogP) is 7.45. The lowest BCUT2D eigenvalue weighted by atomic mass is 10.0. The number of alkyl halides is 3. The molecule has 0 fully saturated rings. The van der Waals surface area contributed by atoms with Crippen LogP contribution >= 0.6 is 0 Å². The fourth-order valence-electron chi connectivity index (χ4n) is 3.10. The largest absolute Gasteiger partial charge is 0.421 e. The molecule has 4 nitrogen and oxygen atoms in total. The first-order valence-corrected chi connectivity index (χ1v) is 10.4. The maximum Gasteiger partial charge on any atom is 0.421 e. The number of rotatable bonds is 8. The van der Waals surface area contributed by atoms with Crippen LogP contribution in [0.3, 0.4) is 0 Å². The molecule has 0 atom stereocenters. The summed E-state index contributed by atoms with van der Waals surface area (Å²) in [5.74, 6) is 0.193. The summed E-state index contributed by atoms with van der Waals surface area (Å²) in [5.41, 5.74) is 2.65. The normalized spacial score (nSPS) is 11.6. The van der Waals surface area contributed by atoms with Gasteiger partial charge in [0, 0.05) is 17.6 Å². The minimum Gasteiger partial charge on any atom is -0.340 e. The number of hydrogen-bond acceptors (Lipinski definition) is 4. The topological polar surface area (TPSA) is 49.8 Å². The first kappa shape index (κ1) is 22.6. The van der Waals surface area contributed by atoms with Crippen molar-refractivity contribution >= 4 is 23.1 Å². The number of hydrogen-bond donors (Lipinski definition) is 2. The highest BCUT2D eigenvalue weighted by atomic mass is 19.4. The Kier molecular flexibility index (Phi) is 7.15. The molecule has 0 radical (unpaired) electrons. The quantitative estimate of drug-likeness (QED) is 0.391. The summed E-state index contributed by atoms with van der Waals surface area (Å²) in [6.07, 6.45) is -0.658. The van der Waals surface area contributed by atoms with Gasteiger partial charge in [0.2, 0.25) is 5.95 Å². The molecular weight excluding hydrogens is 401 g/mol. The molecule has 0 aliphatic carbocycles. The van der Waals surface area contributed by atoms with Crippen molar-refractivity contribution in [3.8, 4) is 0 Å². The van der Waals surface area contributed by atoms with E-state index in [9.17, 15) is 13.2 Å². The molecule has 31 heavy (non-hydrogen) atoms. The van der Waals surface area contributed by atoms with Gasteiger partial charge in [-0.15, -0.1) is 0 Å². The summed E-state index contributed by atoms with van der Waals surface area (Å²) >= 11 is 0. The van der Waals surface area contributed by atoms with Crippen LogP contribution < -0.4 is 10.6 Å². The second kappa shape index (κ2) is 9.81. The third-order valence-electron chi connectivity index (χ3n) is 4.96. The summed E-state index contributed by atoms with van der Waals surface area (Å²) < 4.78 is 40.5. The highest BCUT2D eigenvalue weighted by Crippen LogP contribution is 2.35. The molecule has 7 heteroatoms. The predicted molar refractivity (Wildman–Crippen MR) is 119 cm³/mol. The Hall–Kier alpha value is -3.09. The molecular formula is C24H27F3N4. The number of aromatic nitrogens is 2. The third kappa shape index (κ3) is 6.20. The van der Waals surface area contributed by atoms with E-state index in [2.05, 4.69) is 41.4 Å². The number of unbranched alkanes of at least 4 members (excludes halogenated alkanes) is 1. The molecule has 0 saturated heterocycles. The van der Waals surface area contributed by atoms with Crippen LogP contribution in [0.5, 0.6) is 0 Å². The van der Waals surface area contributed by atoms with E-state index >= 15 is 0 Å². The zero-order valence-corrected chi connectivity index (χ0v) is 17.9. The smallest absolute Gasteiger partial charge is 0.340 e. The molecule has 1 heterocycles. The van der Waals surface area contributed by atoms with Crippen molar-refractivity contribution in [3.05, 3.63) is 71.4 Å². The monoisotopic (exact) mass is 428 g/mol. The number of anilines is 4. The van der Waals surface area contributed by atoms with Crippen molar-refractivity contribution in [1.82, 2.24) is 9.97 Å². The summed E-state index contributed by atoms with van der Waals surface area (Å²) in [7, 11) is 0. The Morgan fingerprint density at radius 2 is 1.52 bits per heavy atom. The molecule has 164 valence electrons. The number of nitrogens with zero attached hydrogens (tertiary/aromatic N) is 2. The van der Waals surface area contributed by atoms with Gasteiger partial charge in [0.15, 0.2) is 0 Å². The second-order valence-electron chi connectivity index (χ2n) is 7.78. The Balaban J connectivity index is 1.83. The van der Waals surface area contributed by atoms with E-state index < -0.39 is 11.7 Å². The summed E-state index contributed by atoms with van der Waals surface area (Å²) in [4.78, 5) is 7.97. The van der Waals surface area contributed by atoms with Crippen LogP contribution in [0.2, 0.25) is 0 Å². The number of benzene rings is 2. The minimum atomic E-state index is -4.57. The average molecular weight is 429 g/mol. The van der Waals surface area contributed by atoms with Gasteiger partial charge in [0.05, 0.1) is 0 Å². The van der Waals surface area contributed by atoms with E-state index in [0.29, 0.717) is 17.3 Å². The lowest BCUT2D eigenvalue weighted by molar-refractivity contribution is -0.137. The zero-order valence-electron chi connectivity index (χ0n) is 17.9. The fraction of sp³-hybridized carbons (Fsp3) is 0.333. The van der Waals surface area contributed by atoms with Gasteiger partial charge in [-0.25, -0.2) is 4.98 Å². The van der Waals surface area contributed by atoms with Crippen LogP contribution in [-0.4, -0.2) is 9.97 Å². The lowest BCUT2D eigenvalue weighted by Gasteiger charge is -2.15. The van der Waals surface area contributed by atoms with Gasteiger partial charge in [0.25, 0.3) is 0 Å². The van der Waals surface area contributed by atoms with Gasteiger partial charge in [0.1, 0.15) is 11.4 Å². The van der Waals surface area contributed by atoms with Crippen LogP contribution in [0, 0.1) is 0 Å². The summed E-state index contributed by atoms with van der Waals surface area (Å²) in [6.45, 7) is 6.30. The Labute approximate surface area is 181 Å². The molecule has 1 aromatic heterocycles. The van der Waals surface area contributed by atoms with Crippen molar-refractivity contribution in [3.63, 3.8) is 0 Å². The van der Waals surface area contributed by atoms with E-state index in [0.717, 1.165) is 31.0 Å². The van der Waals surface area contributed by atoms with Crippen LogP contribution in [-0.2, 0) is 12.6 Å². The van der Waals surface area contributed by atoms with Gasteiger partial charge < -0.3 is 10.6 Å². The van der Waals surface area contributed by atoms with E-state index in [1.54, 1.807) is 12.1 Å².